The van der Waals surface area contributed by atoms with E-state index < -0.39 is 0 Å². The fourth-order valence-corrected chi connectivity index (χ4v) is 5.17. The summed E-state index contributed by atoms with van der Waals surface area (Å²) in [5.74, 6) is 0.849. The van der Waals surface area contributed by atoms with Crippen molar-refractivity contribution < 1.29 is 9.59 Å². The molecule has 2 aromatic carbocycles. The number of allylic oxidation sites excluding steroid dienone is 1. The number of likely N-dealkylation sites (tertiary alicyclic amines) is 1. The van der Waals surface area contributed by atoms with Gasteiger partial charge in [0.1, 0.15) is 0 Å². The van der Waals surface area contributed by atoms with Crippen LogP contribution in [0.15, 0.2) is 60.3 Å². The minimum Gasteiger partial charge on any atom is -0.328 e. The molecule has 0 radical (unpaired) electrons. The zero-order valence-corrected chi connectivity index (χ0v) is 21.3. The highest BCUT2D eigenvalue weighted by molar-refractivity contribution is 7.99. The van der Waals surface area contributed by atoms with Gasteiger partial charge in [0.25, 0.3) is 5.91 Å². The van der Waals surface area contributed by atoms with Crippen LogP contribution in [-0.4, -0.2) is 43.8 Å². The Morgan fingerprint density at radius 3 is 2.51 bits per heavy atom. The Morgan fingerprint density at radius 2 is 1.83 bits per heavy atom. The van der Waals surface area contributed by atoms with E-state index in [1.165, 1.54) is 11.8 Å². The third kappa shape index (κ3) is 5.48. The zero-order chi connectivity index (χ0) is 24.9. The molecule has 3 aromatic rings. The molecule has 35 heavy (non-hydrogen) atoms. The summed E-state index contributed by atoms with van der Waals surface area (Å²) in [5.41, 5.74) is 4.70. The third-order valence-electron chi connectivity index (χ3n) is 6.25. The monoisotopic (exact) mass is 489 g/mol. The molecule has 0 aliphatic carbocycles. The largest absolute Gasteiger partial charge is 0.328 e. The molecule has 7 nitrogen and oxygen atoms in total. The molecule has 2 amide bonds. The van der Waals surface area contributed by atoms with Gasteiger partial charge in [0.05, 0.1) is 11.8 Å². The van der Waals surface area contributed by atoms with Crippen molar-refractivity contribution in [3.05, 3.63) is 83.2 Å². The maximum atomic E-state index is 13.3. The maximum Gasteiger partial charge on any atom is 0.254 e. The number of carbonyl (C=O) groups is 2. The molecule has 1 atom stereocenters. The number of benzene rings is 2. The van der Waals surface area contributed by atoms with Crippen LogP contribution < -0.4 is 5.32 Å². The van der Waals surface area contributed by atoms with Crippen LogP contribution >= 0.6 is 11.8 Å². The van der Waals surface area contributed by atoms with Crippen molar-refractivity contribution in [2.75, 3.05) is 17.6 Å². The molecular weight excluding hydrogens is 458 g/mol. The Hall–Kier alpha value is -3.39. The summed E-state index contributed by atoms with van der Waals surface area (Å²) >= 11 is 1.34. The summed E-state index contributed by atoms with van der Waals surface area (Å²) in [4.78, 5) is 27.8. The number of nitrogens with zero attached hydrogens (tertiary/aromatic N) is 4. The zero-order valence-electron chi connectivity index (χ0n) is 20.5. The minimum absolute atomic E-state index is 0.00262. The lowest BCUT2D eigenvalue weighted by molar-refractivity contribution is -0.113. The molecule has 2 heterocycles. The van der Waals surface area contributed by atoms with Gasteiger partial charge < -0.3 is 14.8 Å². The molecular formula is C27H31N5O2S. The number of nitrogens with one attached hydrogen (secondary N) is 1. The van der Waals surface area contributed by atoms with E-state index in [1.54, 1.807) is 6.08 Å². The summed E-state index contributed by atoms with van der Waals surface area (Å²) in [6.45, 7) is 11.0. The highest BCUT2D eigenvalue weighted by atomic mass is 32.2. The van der Waals surface area contributed by atoms with Crippen LogP contribution in [0.2, 0.25) is 0 Å². The quantitative estimate of drug-likeness (QED) is 0.352. The van der Waals surface area contributed by atoms with E-state index >= 15 is 0 Å². The van der Waals surface area contributed by atoms with E-state index in [1.807, 2.05) is 72.7 Å². The lowest BCUT2D eigenvalue weighted by Gasteiger charge is -2.24. The molecule has 1 aliphatic rings. The number of hydrogen-bond acceptors (Lipinski definition) is 5. The Morgan fingerprint density at radius 1 is 1.11 bits per heavy atom. The predicted octanol–water partition coefficient (Wildman–Crippen LogP) is 5.10. The van der Waals surface area contributed by atoms with Crippen LogP contribution in [-0.2, 0) is 11.3 Å². The number of para-hydroxylation sites is 1. The second-order valence-electron chi connectivity index (χ2n) is 8.87. The summed E-state index contributed by atoms with van der Waals surface area (Å²) in [5, 5.41) is 12.5. The van der Waals surface area contributed by atoms with Crippen LogP contribution in [0.5, 0.6) is 0 Å². The normalized spacial score (nSPS) is 15.3. The average molecular weight is 490 g/mol. The van der Waals surface area contributed by atoms with Crippen LogP contribution in [0.25, 0.3) is 0 Å². The fourth-order valence-electron chi connectivity index (χ4n) is 4.41. The Balaban J connectivity index is 1.50. The molecule has 1 N–H and O–H groups in total. The Kier molecular flexibility index (Phi) is 7.70. The van der Waals surface area contributed by atoms with Crippen molar-refractivity contribution in [1.82, 2.24) is 19.7 Å². The molecule has 1 saturated heterocycles. The van der Waals surface area contributed by atoms with Crippen LogP contribution in [0, 0.1) is 20.8 Å². The Labute approximate surface area is 210 Å². The van der Waals surface area contributed by atoms with Gasteiger partial charge in [-0.25, -0.2) is 0 Å². The van der Waals surface area contributed by atoms with Crippen molar-refractivity contribution in [3.63, 3.8) is 0 Å². The number of anilines is 1. The van der Waals surface area contributed by atoms with Crippen molar-refractivity contribution >= 4 is 29.3 Å². The van der Waals surface area contributed by atoms with Crippen molar-refractivity contribution in [3.8, 4) is 0 Å². The standard InChI is InChI=1S/C27H31N5O2S/c1-5-15-32-25(22-10-7-16-31(22)26(34)21-13-11-18(2)12-14-21)29-30-27(32)35-17-23(33)28-24-19(3)8-6-9-20(24)4/h5-6,8-9,11-14,22H,1,7,10,15-17H2,2-4H3,(H,28,33). The van der Waals surface area contributed by atoms with E-state index in [9.17, 15) is 9.59 Å². The topological polar surface area (TPSA) is 80.1 Å². The van der Waals surface area contributed by atoms with E-state index in [0.717, 1.165) is 41.0 Å². The van der Waals surface area contributed by atoms with E-state index in [4.69, 9.17) is 0 Å². The summed E-state index contributed by atoms with van der Waals surface area (Å²) < 4.78 is 1.97. The number of aromatic nitrogens is 3. The van der Waals surface area contributed by atoms with Gasteiger partial charge in [0.15, 0.2) is 11.0 Å². The van der Waals surface area contributed by atoms with E-state index in [-0.39, 0.29) is 23.6 Å². The van der Waals surface area contributed by atoms with E-state index in [0.29, 0.717) is 23.8 Å². The highest BCUT2D eigenvalue weighted by Crippen LogP contribution is 2.34. The maximum absolute atomic E-state index is 13.3. The molecule has 0 spiro atoms. The molecule has 0 saturated carbocycles. The minimum atomic E-state index is -0.158. The van der Waals surface area contributed by atoms with Crippen LogP contribution in [0.4, 0.5) is 5.69 Å². The van der Waals surface area contributed by atoms with Gasteiger partial charge in [-0.3, -0.25) is 9.59 Å². The molecule has 1 unspecified atom stereocenters. The van der Waals surface area contributed by atoms with Crippen molar-refractivity contribution in [1.29, 1.82) is 0 Å². The summed E-state index contributed by atoms with van der Waals surface area (Å²) in [7, 11) is 0. The Bertz CT molecular complexity index is 1210. The first-order valence-electron chi connectivity index (χ1n) is 11.8. The van der Waals surface area contributed by atoms with Gasteiger partial charge in [-0.2, -0.15) is 0 Å². The number of amides is 2. The predicted molar refractivity (Wildman–Crippen MR) is 140 cm³/mol. The first-order chi connectivity index (χ1) is 16.9. The highest BCUT2D eigenvalue weighted by Gasteiger charge is 2.34. The average Bonchev–Trinajstić information content (AvgIpc) is 3.47. The molecule has 4 rings (SSSR count). The van der Waals surface area contributed by atoms with Crippen LogP contribution in [0.1, 0.15) is 51.8 Å². The second kappa shape index (κ2) is 10.9. The number of carbonyl (C=O) groups excluding carboxylic acids is 2. The molecule has 1 aromatic heterocycles. The van der Waals surface area contributed by atoms with Gasteiger partial charge in [-0.1, -0.05) is 53.7 Å². The lowest BCUT2D eigenvalue weighted by Crippen LogP contribution is -2.32. The van der Waals surface area contributed by atoms with Gasteiger partial charge in [0.2, 0.25) is 5.91 Å². The molecule has 1 aliphatic heterocycles. The molecule has 8 heteroatoms. The second-order valence-corrected chi connectivity index (χ2v) is 9.81. The number of hydrogen-bond donors (Lipinski definition) is 1. The summed E-state index contributed by atoms with van der Waals surface area (Å²) in [6.07, 6.45) is 3.52. The molecule has 1 fully saturated rings. The van der Waals surface area contributed by atoms with Gasteiger partial charge in [0, 0.05) is 24.3 Å². The lowest BCUT2D eigenvalue weighted by atomic mass is 10.1. The summed E-state index contributed by atoms with van der Waals surface area (Å²) in [6, 6.07) is 13.4. The number of aryl methyl sites for hydroxylation is 3. The van der Waals surface area contributed by atoms with Crippen molar-refractivity contribution in [2.45, 2.75) is 51.4 Å². The fraction of sp³-hybridized carbons (Fsp3) is 0.333. The third-order valence-corrected chi connectivity index (χ3v) is 7.21. The SMILES string of the molecule is C=CCn1c(SCC(=O)Nc2c(C)cccc2C)nnc1C1CCCN1C(=O)c1ccc(C)cc1. The number of thioether (sulfide) groups is 1. The molecule has 0 bridgehead atoms. The number of rotatable bonds is 8. The van der Waals surface area contributed by atoms with Gasteiger partial charge in [-0.15, -0.1) is 16.8 Å². The van der Waals surface area contributed by atoms with Crippen molar-refractivity contribution in [2.24, 2.45) is 0 Å². The first-order valence-corrected chi connectivity index (χ1v) is 12.8. The van der Waals surface area contributed by atoms with Gasteiger partial charge >= 0.3 is 0 Å². The molecule has 182 valence electrons. The van der Waals surface area contributed by atoms with E-state index in [2.05, 4.69) is 22.1 Å². The van der Waals surface area contributed by atoms with Crippen LogP contribution in [0.3, 0.4) is 0 Å². The van der Waals surface area contributed by atoms with Gasteiger partial charge in [-0.05, 0) is 56.9 Å². The smallest absolute Gasteiger partial charge is 0.254 e. The first kappa shape index (κ1) is 24.7.